The zero-order chi connectivity index (χ0) is 15.7. The summed E-state index contributed by atoms with van der Waals surface area (Å²) in [4.78, 5) is 11.4. The maximum atomic E-state index is 12.2. The molecule has 1 saturated heterocycles. The number of hydrogen-bond acceptors (Lipinski definition) is 5. The van der Waals surface area contributed by atoms with Crippen molar-refractivity contribution in [2.75, 3.05) is 13.1 Å². The minimum Gasteiger partial charge on any atom is -0.423 e. The van der Waals surface area contributed by atoms with Crippen molar-refractivity contribution in [1.82, 2.24) is 4.31 Å². The second kappa shape index (κ2) is 5.73. The minimum atomic E-state index is -3.81. The molecule has 7 heteroatoms. The molecule has 0 spiro atoms. The van der Waals surface area contributed by atoms with Gasteiger partial charge in [0.1, 0.15) is 11.3 Å². The third kappa shape index (κ3) is 3.00. The van der Waals surface area contributed by atoms with Crippen molar-refractivity contribution >= 4 is 21.3 Å². The molecule has 1 aliphatic heterocycles. The predicted molar refractivity (Wildman–Crippen MR) is 82.2 cm³/mol. The quantitative estimate of drug-likeness (QED) is 0.809. The van der Waals surface area contributed by atoms with Gasteiger partial charge in [0, 0.05) is 30.6 Å². The first kappa shape index (κ1) is 15.1. The van der Waals surface area contributed by atoms with Crippen molar-refractivity contribution in [3.8, 4) is 5.75 Å². The van der Waals surface area contributed by atoms with E-state index in [9.17, 15) is 13.2 Å². The van der Waals surface area contributed by atoms with Gasteiger partial charge in [0.2, 0.25) is 0 Å². The van der Waals surface area contributed by atoms with Crippen LogP contribution >= 0.6 is 0 Å². The summed E-state index contributed by atoms with van der Waals surface area (Å²) >= 11 is 0. The van der Waals surface area contributed by atoms with Gasteiger partial charge in [-0.25, -0.2) is 4.79 Å². The van der Waals surface area contributed by atoms with E-state index < -0.39 is 15.9 Å². The summed E-state index contributed by atoms with van der Waals surface area (Å²) in [5.41, 5.74) is 0.620. The molecule has 0 saturated carbocycles. The Morgan fingerprint density at radius 1 is 1.14 bits per heavy atom. The Bertz CT molecular complexity index is 850. The molecule has 0 aliphatic carbocycles. The van der Waals surface area contributed by atoms with Crippen LogP contribution in [0.1, 0.15) is 24.8 Å². The summed E-state index contributed by atoms with van der Waals surface area (Å²) in [6.07, 6.45) is 2.72. The summed E-state index contributed by atoms with van der Waals surface area (Å²) in [6.45, 7) is 2.75. The molecule has 0 radical (unpaired) electrons. The molecule has 1 aliphatic rings. The maximum absolute atomic E-state index is 12.2. The standard InChI is InChI=1S/C15H17NO5S/c1-11-9-15(17)20-14-10-12(5-6-13(11)14)21-22(18,19)16-7-3-2-4-8-16/h5-6,9-10H,2-4,7-8H2,1H3. The highest BCUT2D eigenvalue weighted by atomic mass is 32.2. The highest BCUT2D eigenvalue weighted by Gasteiger charge is 2.26. The van der Waals surface area contributed by atoms with Crippen molar-refractivity contribution < 1.29 is 17.0 Å². The van der Waals surface area contributed by atoms with Crippen LogP contribution in [0.25, 0.3) is 11.0 Å². The Balaban J connectivity index is 1.92. The third-order valence-corrected chi connectivity index (χ3v) is 5.16. The normalized spacial score (nSPS) is 16.8. The number of rotatable bonds is 3. The Morgan fingerprint density at radius 3 is 2.59 bits per heavy atom. The van der Waals surface area contributed by atoms with E-state index in [1.165, 1.54) is 16.4 Å². The van der Waals surface area contributed by atoms with E-state index in [0.29, 0.717) is 18.7 Å². The van der Waals surface area contributed by atoms with Crippen LogP contribution in [-0.4, -0.2) is 25.8 Å². The molecule has 0 bridgehead atoms. The first-order valence-electron chi connectivity index (χ1n) is 7.20. The van der Waals surface area contributed by atoms with Crippen LogP contribution in [0.4, 0.5) is 0 Å². The predicted octanol–water partition coefficient (Wildman–Crippen LogP) is 2.21. The fourth-order valence-electron chi connectivity index (χ4n) is 2.62. The molecule has 0 unspecified atom stereocenters. The fourth-order valence-corrected chi connectivity index (χ4v) is 3.78. The number of aryl methyl sites for hydroxylation is 1. The van der Waals surface area contributed by atoms with Crippen LogP contribution < -0.4 is 9.81 Å². The minimum absolute atomic E-state index is 0.145. The average Bonchev–Trinajstić information content (AvgIpc) is 2.47. The highest BCUT2D eigenvalue weighted by molar-refractivity contribution is 7.84. The zero-order valence-electron chi connectivity index (χ0n) is 12.2. The lowest BCUT2D eigenvalue weighted by molar-refractivity contribution is 0.312. The van der Waals surface area contributed by atoms with Gasteiger partial charge in [-0.05, 0) is 37.5 Å². The first-order chi connectivity index (χ1) is 10.5. The van der Waals surface area contributed by atoms with E-state index >= 15 is 0 Å². The van der Waals surface area contributed by atoms with Gasteiger partial charge >= 0.3 is 15.9 Å². The van der Waals surface area contributed by atoms with E-state index in [0.717, 1.165) is 30.2 Å². The van der Waals surface area contributed by atoms with Gasteiger partial charge in [0.15, 0.2) is 0 Å². The number of nitrogens with zero attached hydrogens (tertiary/aromatic N) is 1. The summed E-state index contributed by atoms with van der Waals surface area (Å²) in [6, 6.07) is 6.09. The lowest BCUT2D eigenvalue weighted by Gasteiger charge is -2.25. The lowest BCUT2D eigenvalue weighted by Crippen LogP contribution is -2.38. The maximum Gasteiger partial charge on any atom is 0.385 e. The summed E-state index contributed by atoms with van der Waals surface area (Å²) < 4.78 is 36.1. The molecule has 118 valence electrons. The van der Waals surface area contributed by atoms with Crippen LogP contribution in [0.2, 0.25) is 0 Å². The largest absolute Gasteiger partial charge is 0.423 e. The molecule has 3 rings (SSSR count). The second-order valence-corrected chi connectivity index (χ2v) is 6.95. The molecule has 1 aromatic carbocycles. The van der Waals surface area contributed by atoms with Crippen LogP contribution in [0.15, 0.2) is 33.5 Å². The highest BCUT2D eigenvalue weighted by Crippen LogP contribution is 2.24. The smallest absolute Gasteiger partial charge is 0.385 e. The van der Waals surface area contributed by atoms with Crippen LogP contribution in [0.3, 0.4) is 0 Å². The van der Waals surface area contributed by atoms with Gasteiger partial charge in [-0.1, -0.05) is 6.42 Å². The van der Waals surface area contributed by atoms with Crippen LogP contribution in [-0.2, 0) is 10.3 Å². The molecule has 1 aromatic heterocycles. The van der Waals surface area contributed by atoms with Crippen molar-refractivity contribution in [2.24, 2.45) is 0 Å². The van der Waals surface area contributed by atoms with Crippen molar-refractivity contribution in [1.29, 1.82) is 0 Å². The van der Waals surface area contributed by atoms with Gasteiger partial charge < -0.3 is 8.60 Å². The molecule has 22 heavy (non-hydrogen) atoms. The molecule has 0 atom stereocenters. The topological polar surface area (TPSA) is 76.8 Å². The molecular formula is C15H17NO5S. The molecule has 6 nitrogen and oxygen atoms in total. The first-order valence-corrected chi connectivity index (χ1v) is 8.56. The van der Waals surface area contributed by atoms with Crippen molar-refractivity contribution in [2.45, 2.75) is 26.2 Å². The van der Waals surface area contributed by atoms with E-state index in [4.69, 9.17) is 8.60 Å². The Morgan fingerprint density at radius 2 is 1.86 bits per heavy atom. The lowest BCUT2D eigenvalue weighted by atomic mass is 10.1. The Kier molecular flexibility index (Phi) is 3.92. The average molecular weight is 323 g/mol. The molecular weight excluding hydrogens is 306 g/mol. The third-order valence-electron chi connectivity index (χ3n) is 3.76. The summed E-state index contributed by atoms with van der Waals surface area (Å²) in [5, 5.41) is 0.752. The molecule has 1 fully saturated rings. The fraction of sp³-hybridized carbons (Fsp3) is 0.400. The number of hydrogen-bond donors (Lipinski definition) is 0. The SMILES string of the molecule is Cc1cc(=O)oc2cc(OS(=O)(=O)N3CCCCC3)ccc12. The molecule has 0 amide bonds. The van der Waals surface area contributed by atoms with Gasteiger partial charge in [-0.3, -0.25) is 0 Å². The van der Waals surface area contributed by atoms with Crippen molar-refractivity contribution in [3.05, 3.63) is 40.2 Å². The second-order valence-electron chi connectivity index (χ2n) is 5.41. The van der Waals surface area contributed by atoms with Gasteiger partial charge in [0.25, 0.3) is 0 Å². The van der Waals surface area contributed by atoms with Gasteiger partial charge in [0.05, 0.1) is 0 Å². The van der Waals surface area contributed by atoms with Crippen LogP contribution in [0.5, 0.6) is 5.75 Å². The monoisotopic (exact) mass is 323 g/mol. The van der Waals surface area contributed by atoms with E-state index in [1.807, 2.05) is 0 Å². The van der Waals surface area contributed by atoms with Crippen LogP contribution in [0, 0.1) is 6.92 Å². The van der Waals surface area contributed by atoms with E-state index in [1.54, 1.807) is 19.1 Å². The van der Waals surface area contributed by atoms with E-state index in [2.05, 4.69) is 0 Å². The summed E-state index contributed by atoms with van der Waals surface area (Å²) in [5.74, 6) is 0.145. The van der Waals surface area contributed by atoms with Crippen molar-refractivity contribution in [3.63, 3.8) is 0 Å². The van der Waals surface area contributed by atoms with Gasteiger partial charge in [-0.15, -0.1) is 0 Å². The molecule has 0 N–H and O–H groups in total. The zero-order valence-corrected chi connectivity index (χ0v) is 13.1. The molecule has 2 heterocycles. The van der Waals surface area contributed by atoms with Gasteiger partial charge in [-0.2, -0.15) is 12.7 Å². The Hall–Kier alpha value is -1.86. The number of benzene rings is 1. The van der Waals surface area contributed by atoms with E-state index in [-0.39, 0.29) is 5.75 Å². The summed E-state index contributed by atoms with van der Waals surface area (Å²) in [7, 11) is -3.81. The molecule has 2 aromatic rings. The number of piperidine rings is 1. The number of fused-ring (bicyclic) bond motifs is 1. The Labute approximate surface area is 128 Å².